The minimum Gasteiger partial charge on any atom is -0.335 e. The summed E-state index contributed by atoms with van der Waals surface area (Å²) >= 11 is 0. The summed E-state index contributed by atoms with van der Waals surface area (Å²) in [5.74, 6) is 0. The Morgan fingerprint density at radius 3 is 2.83 bits per heavy atom. The highest BCUT2D eigenvalue weighted by molar-refractivity contribution is 5.89. The van der Waals surface area contributed by atoms with Gasteiger partial charge in [-0.05, 0) is 19.4 Å². The second-order valence-electron chi connectivity index (χ2n) is 4.10. The second-order valence-corrected chi connectivity index (χ2v) is 4.10. The third-order valence-electron chi connectivity index (χ3n) is 2.41. The van der Waals surface area contributed by atoms with Crippen LogP contribution in [0.1, 0.15) is 26.7 Å². The Morgan fingerprint density at radius 2 is 2.22 bits per heavy atom. The average molecular weight is 251 g/mol. The summed E-state index contributed by atoms with van der Waals surface area (Å²) < 4.78 is 0. The number of urea groups is 1. The third-order valence-corrected chi connectivity index (χ3v) is 2.41. The topological polar surface area (TPSA) is 84.3 Å². The van der Waals surface area contributed by atoms with E-state index < -0.39 is 4.92 Å². The smallest absolute Gasteiger partial charge is 0.319 e. The highest BCUT2D eigenvalue weighted by Gasteiger charge is 2.09. The maximum Gasteiger partial charge on any atom is 0.319 e. The molecule has 18 heavy (non-hydrogen) atoms. The van der Waals surface area contributed by atoms with E-state index in [9.17, 15) is 14.9 Å². The third kappa shape index (κ3) is 4.40. The van der Waals surface area contributed by atoms with Crippen molar-refractivity contribution in [2.45, 2.75) is 32.7 Å². The highest BCUT2D eigenvalue weighted by Crippen LogP contribution is 2.16. The first-order valence-corrected chi connectivity index (χ1v) is 5.85. The number of carbonyl (C=O) groups is 1. The first-order chi connectivity index (χ1) is 8.52. The fourth-order valence-corrected chi connectivity index (χ4v) is 1.59. The molecule has 1 atom stereocenters. The van der Waals surface area contributed by atoms with E-state index in [1.165, 1.54) is 18.2 Å². The number of benzene rings is 1. The SMILES string of the molecule is CCC[C@@H](C)NC(=O)Nc1cccc([N+](=O)[O-])c1. The highest BCUT2D eigenvalue weighted by atomic mass is 16.6. The maximum atomic E-state index is 11.6. The van der Waals surface area contributed by atoms with Crippen LogP contribution in [0.15, 0.2) is 24.3 Å². The van der Waals surface area contributed by atoms with E-state index in [2.05, 4.69) is 10.6 Å². The number of nitrogens with one attached hydrogen (secondary N) is 2. The molecule has 0 spiro atoms. The predicted octanol–water partition coefficient (Wildman–Crippen LogP) is 2.90. The van der Waals surface area contributed by atoms with E-state index in [0.717, 1.165) is 12.8 Å². The van der Waals surface area contributed by atoms with Gasteiger partial charge < -0.3 is 10.6 Å². The van der Waals surface area contributed by atoms with Gasteiger partial charge in [-0.1, -0.05) is 19.4 Å². The Kier molecular flexibility index (Phi) is 5.10. The van der Waals surface area contributed by atoms with Crippen molar-refractivity contribution < 1.29 is 9.72 Å². The van der Waals surface area contributed by atoms with Crippen molar-refractivity contribution in [3.05, 3.63) is 34.4 Å². The Morgan fingerprint density at radius 1 is 1.50 bits per heavy atom. The fourth-order valence-electron chi connectivity index (χ4n) is 1.59. The summed E-state index contributed by atoms with van der Waals surface area (Å²) in [6, 6.07) is 5.57. The van der Waals surface area contributed by atoms with E-state index in [4.69, 9.17) is 0 Å². The molecule has 0 unspecified atom stereocenters. The molecule has 0 saturated carbocycles. The zero-order chi connectivity index (χ0) is 13.5. The summed E-state index contributed by atoms with van der Waals surface area (Å²) in [7, 11) is 0. The molecule has 6 nitrogen and oxygen atoms in total. The molecule has 0 aliphatic heterocycles. The molecule has 0 bridgehead atoms. The lowest BCUT2D eigenvalue weighted by Gasteiger charge is -2.13. The molecule has 2 N–H and O–H groups in total. The molecule has 98 valence electrons. The number of carbonyl (C=O) groups excluding carboxylic acids is 1. The van der Waals surface area contributed by atoms with Crippen molar-refractivity contribution in [1.82, 2.24) is 5.32 Å². The average Bonchev–Trinajstić information content (AvgIpc) is 2.29. The predicted molar refractivity (Wildman–Crippen MR) is 69.6 cm³/mol. The lowest BCUT2D eigenvalue weighted by atomic mass is 10.2. The number of rotatable bonds is 5. The van der Waals surface area contributed by atoms with E-state index in [1.54, 1.807) is 6.07 Å². The van der Waals surface area contributed by atoms with Crippen molar-refractivity contribution in [3.63, 3.8) is 0 Å². The zero-order valence-corrected chi connectivity index (χ0v) is 10.5. The van der Waals surface area contributed by atoms with Crippen molar-refractivity contribution in [1.29, 1.82) is 0 Å². The van der Waals surface area contributed by atoms with Crippen LogP contribution in [0.5, 0.6) is 0 Å². The van der Waals surface area contributed by atoms with E-state index in [-0.39, 0.29) is 17.8 Å². The van der Waals surface area contributed by atoms with Crippen molar-refractivity contribution in [3.8, 4) is 0 Å². The van der Waals surface area contributed by atoms with Crippen LogP contribution in [0.25, 0.3) is 0 Å². The molecular weight excluding hydrogens is 234 g/mol. The van der Waals surface area contributed by atoms with Gasteiger partial charge in [0.1, 0.15) is 0 Å². The van der Waals surface area contributed by atoms with Crippen LogP contribution in [-0.2, 0) is 0 Å². The Hall–Kier alpha value is -2.11. The van der Waals surface area contributed by atoms with Gasteiger partial charge in [-0.15, -0.1) is 0 Å². The van der Waals surface area contributed by atoms with E-state index in [0.29, 0.717) is 5.69 Å². The first kappa shape index (κ1) is 14.0. The van der Waals surface area contributed by atoms with E-state index in [1.807, 2.05) is 13.8 Å². The number of nitrogens with zero attached hydrogens (tertiary/aromatic N) is 1. The summed E-state index contributed by atoms with van der Waals surface area (Å²) in [5.41, 5.74) is 0.361. The fraction of sp³-hybridized carbons (Fsp3) is 0.417. The number of anilines is 1. The standard InChI is InChI=1S/C12H17N3O3/c1-3-5-9(2)13-12(16)14-10-6-4-7-11(8-10)15(17)18/h4,6-9H,3,5H2,1-2H3,(H2,13,14,16)/t9-/m1/s1. The molecule has 0 heterocycles. The molecule has 1 aromatic carbocycles. The summed E-state index contributed by atoms with van der Waals surface area (Å²) in [6.45, 7) is 3.95. The monoisotopic (exact) mass is 251 g/mol. The van der Waals surface area contributed by atoms with Gasteiger partial charge in [0.2, 0.25) is 0 Å². The molecule has 1 rings (SSSR count). The largest absolute Gasteiger partial charge is 0.335 e. The van der Waals surface area contributed by atoms with E-state index >= 15 is 0 Å². The Labute approximate surface area is 106 Å². The molecule has 0 aliphatic rings. The number of nitro groups is 1. The Balaban J connectivity index is 2.59. The van der Waals surface area contributed by atoms with Gasteiger partial charge in [-0.25, -0.2) is 4.79 Å². The molecule has 2 amide bonds. The number of hydrogen-bond acceptors (Lipinski definition) is 3. The molecule has 0 saturated heterocycles. The van der Waals surface area contributed by atoms with Gasteiger partial charge in [0.15, 0.2) is 0 Å². The van der Waals surface area contributed by atoms with Crippen molar-refractivity contribution in [2.75, 3.05) is 5.32 Å². The molecule has 0 fully saturated rings. The number of non-ortho nitro benzene ring substituents is 1. The number of amides is 2. The van der Waals surface area contributed by atoms with Crippen LogP contribution >= 0.6 is 0 Å². The molecule has 0 radical (unpaired) electrons. The number of nitro benzene ring substituents is 1. The quantitative estimate of drug-likeness (QED) is 0.623. The summed E-state index contributed by atoms with van der Waals surface area (Å²) in [4.78, 5) is 21.7. The first-order valence-electron chi connectivity index (χ1n) is 5.85. The van der Waals surface area contributed by atoms with Crippen molar-refractivity contribution >= 4 is 17.4 Å². The minimum absolute atomic E-state index is 0.0468. The summed E-state index contributed by atoms with van der Waals surface area (Å²) in [6.07, 6.45) is 1.88. The van der Waals surface area contributed by atoms with Gasteiger partial charge in [0, 0.05) is 23.9 Å². The van der Waals surface area contributed by atoms with Crippen LogP contribution < -0.4 is 10.6 Å². The lowest BCUT2D eigenvalue weighted by Crippen LogP contribution is -2.35. The number of hydrogen-bond donors (Lipinski definition) is 2. The van der Waals surface area contributed by atoms with Gasteiger partial charge in [0.05, 0.1) is 4.92 Å². The second kappa shape index (κ2) is 6.58. The van der Waals surface area contributed by atoms with Gasteiger partial charge >= 0.3 is 6.03 Å². The van der Waals surface area contributed by atoms with Gasteiger partial charge in [-0.3, -0.25) is 10.1 Å². The summed E-state index contributed by atoms with van der Waals surface area (Å²) in [5, 5.41) is 15.9. The van der Waals surface area contributed by atoms with Gasteiger partial charge in [0.25, 0.3) is 5.69 Å². The maximum absolute atomic E-state index is 11.6. The minimum atomic E-state index is -0.497. The van der Waals surface area contributed by atoms with Crippen LogP contribution in [-0.4, -0.2) is 17.0 Å². The van der Waals surface area contributed by atoms with Crippen LogP contribution in [0.4, 0.5) is 16.2 Å². The van der Waals surface area contributed by atoms with Crippen LogP contribution in [0, 0.1) is 10.1 Å². The zero-order valence-electron chi connectivity index (χ0n) is 10.5. The lowest BCUT2D eigenvalue weighted by molar-refractivity contribution is -0.384. The van der Waals surface area contributed by atoms with Gasteiger partial charge in [-0.2, -0.15) is 0 Å². The van der Waals surface area contributed by atoms with Crippen LogP contribution in [0.2, 0.25) is 0 Å². The van der Waals surface area contributed by atoms with Crippen molar-refractivity contribution in [2.24, 2.45) is 0 Å². The molecule has 1 aromatic rings. The molecule has 6 heteroatoms. The molecule has 0 aliphatic carbocycles. The van der Waals surface area contributed by atoms with Crippen LogP contribution in [0.3, 0.4) is 0 Å². The molecule has 0 aromatic heterocycles. The normalized spacial score (nSPS) is 11.7. The Bertz CT molecular complexity index is 434. The molecular formula is C12H17N3O3.